The van der Waals surface area contributed by atoms with Gasteiger partial charge in [-0.05, 0) is 25.8 Å². The fourth-order valence-corrected chi connectivity index (χ4v) is 6.41. The van der Waals surface area contributed by atoms with Crippen molar-refractivity contribution in [2.75, 3.05) is 20.8 Å². The van der Waals surface area contributed by atoms with Gasteiger partial charge < -0.3 is 8.85 Å². The summed E-state index contributed by atoms with van der Waals surface area (Å²) in [6, 6.07) is 1.89. The Bertz CT molecular complexity index is 203. The molecule has 0 radical (unpaired) electrons. The summed E-state index contributed by atoms with van der Waals surface area (Å²) >= 11 is 0. The second-order valence-electron chi connectivity index (χ2n) is 4.71. The molecule has 0 N–H and O–H groups in total. The van der Waals surface area contributed by atoms with Gasteiger partial charge in [-0.15, -0.1) is 0 Å². The van der Waals surface area contributed by atoms with Gasteiger partial charge in [-0.3, -0.25) is 4.57 Å². The highest BCUT2D eigenvalue weighted by molar-refractivity contribution is 6.65. The lowest BCUT2D eigenvalue weighted by Gasteiger charge is -2.39. The van der Waals surface area contributed by atoms with E-state index in [2.05, 4.69) is 4.57 Å². The first-order valence-corrected chi connectivity index (χ1v) is 8.16. The van der Waals surface area contributed by atoms with Crippen LogP contribution in [0.15, 0.2) is 0 Å². The summed E-state index contributed by atoms with van der Waals surface area (Å²) in [6.07, 6.45) is 8.14. The van der Waals surface area contributed by atoms with E-state index < -0.39 is 8.72 Å². The van der Waals surface area contributed by atoms with Crippen molar-refractivity contribution in [3.8, 4) is 0 Å². The van der Waals surface area contributed by atoms with E-state index in [1.807, 2.05) is 14.2 Å². The largest absolute Gasteiger partial charge is 0.427 e. The first-order valence-electron chi connectivity index (χ1n) is 6.19. The molecule has 0 atom stereocenters. The monoisotopic (exact) mass is 229 g/mol. The fraction of sp³-hybridized carbons (Fsp3) is 1.00. The van der Waals surface area contributed by atoms with Crippen LogP contribution in [0.25, 0.3) is 0 Å². The minimum atomic E-state index is -1.96. The van der Waals surface area contributed by atoms with Crippen LogP contribution in [0.1, 0.15) is 38.5 Å². The molecule has 0 spiro atoms. The van der Waals surface area contributed by atoms with Crippen molar-refractivity contribution in [1.82, 2.24) is 4.57 Å². The van der Waals surface area contributed by atoms with E-state index in [0.29, 0.717) is 0 Å². The Morgan fingerprint density at radius 2 is 1.67 bits per heavy atom. The summed E-state index contributed by atoms with van der Waals surface area (Å²) < 4.78 is 14.1. The molecule has 0 aromatic rings. The maximum atomic E-state index is 5.76. The zero-order valence-corrected chi connectivity index (χ0v) is 11.0. The third-order valence-corrected chi connectivity index (χ3v) is 7.71. The van der Waals surface area contributed by atoms with E-state index >= 15 is 0 Å². The Kier molecular flexibility index (Phi) is 3.82. The van der Waals surface area contributed by atoms with E-state index in [4.69, 9.17) is 8.85 Å². The Labute approximate surface area is 94.1 Å². The van der Waals surface area contributed by atoms with Gasteiger partial charge >= 0.3 is 8.72 Å². The predicted octanol–water partition coefficient (Wildman–Crippen LogP) is 2.26. The van der Waals surface area contributed by atoms with E-state index in [0.717, 1.165) is 12.1 Å². The lowest BCUT2D eigenvalue weighted by molar-refractivity contribution is 0.140. The summed E-state index contributed by atoms with van der Waals surface area (Å²) in [5.41, 5.74) is 0. The van der Waals surface area contributed by atoms with Crippen molar-refractivity contribution in [3.05, 3.63) is 0 Å². The molecule has 1 aliphatic heterocycles. The highest BCUT2D eigenvalue weighted by Crippen LogP contribution is 2.34. The Hall–Kier alpha value is 0.0969. The first-order chi connectivity index (χ1) is 7.32. The standard InChI is InChI=1S/C11H23NO2Si/c1-13-15(14-2)10-6-9-12(15)11-7-4-3-5-8-11/h11H,3-10H2,1-2H3. The summed E-state index contributed by atoms with van der Waals surface area (Å²) in [7, 11) is 1.70. The zero-order valence-electron chi connectivity index (χ0n) is 10.00. The molecule has 1 heterocycles. The molecule has 1 saturated carbocycles. The molecule has 2 fully saturated rings. The molecular weight excluding hydrogens is 206 g/mol. The lowest BCUT2D eigenvalue weighted by atomic mass is 9.95. The van der Waals surface area contributed by atoms with Gasteiger partial charge in [0.2, 0.25) is 0 Å². The maximum absolute atomic E-state index is 5.76. The van der Waals surface area contributed by atoms with Crippen LogP contribution in [0.3, 0.4) is 0 Å². The molecule has 0 aromatic heterocycles. The van der Waals surface area contributed by atoms with Gasteiger partial charge in [-0.1, -0.05) is 19.3 Å². The van der Waals surface area contributed by atoms with Crippen molar-refractivity contribution < 1.29 is 8.85 Å². The molecule has 1 saturated heterocycles. The summed E-state index contributed by atoms with van der Waals surface area (Å²) in [4.78, 5) is 0. The highest BCUT2D eigenvalue weighted by Gasteiger charge is 2.50. The van der Waals surface area contributed by atoms with Gasteiger partial charge in [-0.25, -0.2) is 0 Å². The average molecular weight is 229 g/mol. The predicted molar refractivity (Wildman–Crippen MR) is 62.8 cm³/mol. The first kappa shape index (κ1) is 11.6. The molecule has 2 aliphatic rings. The molecule has 0 unspecified atom stereocenters. The van der Waals surface area contributed by atoms with E-state index in [1.165, 1.54) is 45.1 Å². The molecule has 15 heavy (non-hydrogen) atoms. The molecule has 0 amide bonds. The number of nitrogens with zero attached hydrogens (tertiary/aromatic N) is 1. The number of rotatable bonds is 3. The quantitative estimate of drug-likeness (QED) is 0.693. The Morgan fingerprint density at radius 1 is 1.00 bits per heavy atom. The summed E-state index contributed by atoms with van der Waals surface area (Å²) in [5, 5.41) is 0. The molecule has 0 aromatic carbocycles. The smallest absolute Gasteiger partial charge is 0.386 e. The second-order valence-corrected chi connectivity index (χ2v) is 8.03. The SMILES string of the molecule is CO[Si]1(OC)CCCN1C1CCCCC1. The summed E-state index contributed by atoms with van der Waals surface area (Å²) in [5.74, 6) is 0. The van der Waals surface area contributed by atoms with Crippen LogP contribution in [-0.4, -0.2) is 40.1 Å². The molecule has 4 heteroatoms. The third-order valence-electron chi connectivity index (χ3n) is 3.98. The van der Waals surface area contributed by atoms with E-state index in [1.54, 1.807) is 0 Å². The Balaban J connectivity index is 2.05. The minimum Gasteiger partial charge on any atom is -0.386 e. The molecule has 3 nitrogen and oxygen atoms in total. The van der Waals surface area contributed by atoms with Crippen LogP contribution in [-0.2, 0) is 8.85 Å². The van der Waals surface area contributed by atoms with Gasteiger partial charge in [0, 0.05) is 26.3 Å². The van der Waals surface area contributed by atoms with Gasteiger partial charge in [0.15, 0.2) is 0 Å². The van der Waals surface area contributed by atoms with E-state index in [9.17, 15) is 0 Å². The van der Waals surface area contributed by atoms with Gasteiger partial charge in [0.05, 0.1) is 0 Å². The lowest BCUT2D eigenvalue weighted by Crippen LogP contribution is -2.57. The van der Waals surface area contributed by atoms with Crippen LogP contribution < -0.4 is 0 Å². The normalized spacial score (nSPS) is 28.4. The van der Waals surface area contributed by atoms with Crippen molar-refractivity contribution in [3.63, 3.8) is 0 Å². The average Bonchev–Trinajstić information content (AvgIpc) is 2.74. The maximum Gasteiger partial charge on any atom is 0.427 e. The topological polar surface area (TPSA) is 21.7 Å². The number of hydrogen-bond donors (Lipinski definition) is 0. The third kappa shape index (κ3) is 2.13. The molecular formula is C11H23NO2Si. The van der Waals surface area contributed by atoms with Crippen LogP contribution in [0.4, 0.5) is 0 Å². The van der Waals surface area contributed by atoms with Crippen LogP contribution in [0, 0.1) is 0 Å². The van der Waals surface area contributed by atoms with Crippen molar-refractivity contribution in [1.29, 1.82) is 0 Å². The van der Waals surface area contributed by atoms with Crippen molar-refractivity contribution >= 4 is 8.72 Å². The Morgan fingerprint density at radius 3 is 2.27 bits per heavy atom. The van der Waals surface area contributed by atoms with Gasteiger partial charge in [0.25, 0.3) is 0 Å². The molecule has 1 aliphatic carbocycles. The minimum absolute atomic E-state index is 0.743. The fourth-order valence-electron chi connectivity index (χ4n) is 3.16. The zero-order chi connectivity index (χ0) is 10.7. The molecule has 88 valence electrons. The van der Waals surface area contributed by atoms with E-state index in [-0.39, 0.29) is 0 Å². The number of hydrogen-bond acceptors (Lipinski definition) is 3. The van der Waals surface area contributed by atoms with Crippen LogP contribution in [0.2, 0.25) is 6.04 Å². The van der Waals surface area contributed by atoms with Crippen LogP contribution >= 0.6 is 0 Å². The van der Waals surface area contributed by atoms with Crippen molar-refractivity contribution in [2.45, 2.75) is 50.6 Å². The second kappa shape index (κ2) is 4.95. The van der Waals surface area contributed by atoms with Crippen LogP contribution in [0.5, 0.6) is 0 Å². The van der Waals surface area contributed by atoms with Crippen molar-refractivity contribution in [2.24, 2.45) is 0 Å². The highest BCUT2D eigenvalue weighted by atomic mass is 28.4. The molecule has 2 rings (SSSR count). The summed E-state index contributed by atoms with van der Waals surface area (Å²) in [6.45, 7) is 1.19. The molecule has 0 bridgehead atoms. The van der Waals surface area contributed by atoms with Gasteiger partial charge in [-0.2, -0.15) is 0 Å². The van der Waals surface area contributed by atoms with Gasteiger partial charge in [0.1, 0.15) is 0 Å².